The van der Waals surface area contributed by atoms with Crippen molar-refractivity contribution in [1.29, 1.82) is 0 Å². The summed E-state index contributed by atoms with van der Waals surface area (Å²) in [5.74, 6) is -0.0842. The van der Waals surface area contributed by atoms with Crippen LogP contribution in [0.1, 0.15) is 6.42 Å². The van der Waals surface area contributed by atoms with Crippen molar-refractivity contribution in [3.63, 3.8) is 0 Å². The number of likely N-dealkylation sites (tertiary alicyclic amines) is 1. The molecule has 1 aromatic carbocycles. The van der Waals surface area contributed by atoms with Crippen LogP contribution in [0.2, 0.25) is 5.02 Å². The summed E-state index contributed by atoms with van der Waals surface area (Å²) in [6, 6.07) is 5.65. The van der Waals surface area contributed by atoms with E-state index in [-0.39, 0.29) is 12.5 Å². The lowest BCUT2D eigenvalue weighted by atomic mass is 10.0. The highest BCUT2D eigenvalue weighted by atomic mass is 35.5. The second-order valence-electron chi connectivity index (χ2n) is 9.08. The summed E-state index contributed by atoms with van der Waals surface area (Å²) in [7, 11) is 2.13. The molecule has 0 aliphatic carbocycles. The number of amides is 1. The van der Waals surface area contributed by atoms with Gasteiger partial charge in [0.2, 0.25) is 5.91 Å². The third-order valence-corrected chi connectivity index (χ3v) is 6.78. The first-order valence-electron chi connectivity index (χ1n) is 11.2. The van der Waals surface area contributed by atoms with Gasteiger partial charge in [-0.15, -0.1) is 0 Å². The monoisotopic (exact) mass is 451 g/mol. The molecule has 3 heterocycles. The molecule has 3 fully saturated rings. The Kier molecular flexibility index (Phi) is 7.36. The van der Waals surface area contributed by atoms with E-state index in [0.717, 1.165) is 51.5 Å². The van der Waals surface area contributed by atoms with E-state index in [1.54, 1.807) is 6.07 Å². The van der Waals surface area contributed by atoms with Crippen LogP contribution in [0, 0.1) is 0 Å². The fourth-order valence-corrected chi connectivity index (χ4v) is 4.98. The molecule has 0 unspecified atom stereocenters. The molecule has 3 aliphatic heterocycles. The Bertz CT molecular complexity index is 768. The van der Waals surface area contributed by atoms with Gasteiger partial charge in [-0.05, 0) is 31.7 Å². The molecule has 1 atom stereocenters. The Morgan fingerprint density at radius 1 is 1.13 bits per heavy atom. The average Bonchev–Trinajstić information content (AvgIpc) is 3.10. The van der Waals surface area contributed by atoms with Crippen LogP contribution in [0.25, 0.3) is 0 Å². The number of nitrogens with zero attached hydrogens (tertiary/aromatic N) is 4. The number of aliphatic hydroxyl groups is 1. The van der Waals surface area contributed by atoms with E-state index in [1.807, 2.05) is 17.0 Å². The van der Waals surface area contributed by atoms with Crippen molar-refractivity contribution in [2.45, 2.75) is 12.0 Å². The Labute approximate surface area is 189 Å². The van der Waals surface area contributed by atoms with Crippen molar-refractivity contribution in [1.82, 2.24) is 14.7 Å². The number of hydrogen-bond acceptors (Lipinski definition) is 7. The van der Waals surface area contributed by atoms with Crippen LogP contribution in [0.4, 0.5) is 11.4 Å². The number of piperazine rings is 1. The van der Waals surface area contributed by atoms with E-state index in [4.69, 9.17) is 16.3 Å². The zero-order chi connectivity index (χ0) is 21.8. The zero-order valence-corrected chi connectivity index (χ0v) is 19.1. The predicted octanol–water partition coefficient (Wildman–Crippen LogP) is 0.799. The summed E-state index contributed by atoms with van der Waals surface area (Å²) in [6.07, 6.45) is 0.701. The number of halogens is 1. The van der Waals surface area contributed by atoms with E-state index in [0.29, 0.717) is 43.4 Å². The largest absolute Gasteiger partial charge is 0.387 e. The van der Waals surface area contributed by atoms with Gasteiger partial charge < -0.3 is 25.0 Å². The van der Waals surface area contributed by atoms with Gasteiger partial charge in [-0.3, -0.25) is 14.6 Å². The first kappa shape index (κ1) is 22.8. The number of carbonyl (C=O) groups excluding carboxylic acids is 1. The van der Waals surface area contributed by atoms with Crippen molar-refractivity contribution in [3.8, 4) is 0 Å². The van der Waals surface area contributed by atoms with Gasteiger partial charge in [0.1, 0.15) is 0 Å². The highest BCUT2D eigenvalue weighted by Crippen LogP contribution is 2.29. The molecule has 0 bridgehead atoms. The maximum atomic E-state index is 12.6. The highest BCUT2D eigenvalue weighted by Gasteiger charge is 2.38. The predicted molar refractivity (Wildman–Crippen MR) is 123 cm³/mol. The summed E-state index contributed by atoms with van der Waals surface area (Å²) in [5.41, 5.74) is 0.926. The highest BCUT2D eigenvalue weighted by molar-refractivity contribution is 6.33. The van der Waals surface area contributed by atoms with Crippen LogP contribution >= 0.6 is 11.6 Å². The average molecular weight is 452 g/mol. The van der Waals surface area contributed by atoms with Gasteiger partial charge in [0, 0.05) is 64.6 Å². The zero-order valence-electron chi connectivity index (χ0n) is 18.4. The summed E-state index contributed by atoms with van der Waals surface area (Å²) in [6.45, 7) is 9.29. The number of morpholine rings is 1. The van der Waals surface area contributed by atoms with E-state index >= 15 is 0 Å². The van der Waals surface area contributed by atoms with Crippen molar-refractivity contribution in [2.24, 2.45) is 0 Å². The van der Waals surface area contributed by atoms with Gasteiger partial charge in [-0.25, -0.2) is 0 Å². The van der Waals surface area contributed by atoms with Crippen LogP contribution < -0.4 is 10.2 Å². The number of anilines is 2. The molecule has 0 saturated carbocycles. The minimum absolute atomic E-state index is 0.0842. The van der Waals surface area contributed by atoms with Crippen LogP contribution in [0.15, 0.2) is 18.2 Å². The molecule has 9 heteroatoms. The minimum atomic E-state index is -0.737. The number of likely N-dealkylation sites (N-methyl/N-ethyl adjacent to an activating group) is 1. The van der Waals surface area contributed by atoms with Gasteiger partial charge in [0.25, 0.3) is 0 Å². The molecule has 1 amide bonds. The first-order chi connectivity index (χ1) is 14.9. The Hall–Kier alpha value is -1.42. The standard InChI is InChI=1S/C22H34ClN5O3/c1-25-6-8-26(9-7-25)16-22(30)4-5-27(17-22)15-21(29)24-18-2-3-20(19(23)14-18)28-10-12-31-13-11-28/h2-3,14,30H,4-13,15-17H2,1H3,(H,24,29)/t22-/m0/s1. The van der Waals surface area contributed by atoms with E-state index in [9.17, 15) is 9.90 Å². The number of rotatable bonds is 6. The third kappa shape index (κ3) is 6.09. The molecule has 0 radical (unpaired) electrons. The third-order valence-electron chi connectivity index (χ3n) is 6.48. The fraction of sp³-hybridized carbons (Fsp3) is 0.682. The van der Waals surface area contributed by atoms with Gasteiger partial charge in [-0.2, -0.15) is 0 Å². The molecule has 2 N–H and O–H groups in total. The first-order valence-corrected chi connectivity index (χ1v) is 11.6. The van der Waals surface area contributed by atoms with E-state index < -0.39 is 5.60 Å². The lowest BCUT2D eigenvalue weighted by molar-refractivity contribution is -0.117. The normalized spacial score (nSPS) is 26.4. The van der Waals surface area contributed by atoms with Crippen molar-refractivity contribution in [2.75, 3.05) is 95.9 Å². The number of ether oxygens (including phenoxy) is 1. The van der Waals surface area contributed by atoms with Crippen LogP contribution in [-0.2, 0) is 9.53 Å². The summed E-state index contributed by atoms with van der Waals surface area (Å²) < 4.78 is 5.39. The second kappa shape index (κ2) is 10.0. The molecule has 0 aromatic heterocycles. The quantitative estimate of drug-likeness (QED) is 0.662. The molecule has 0 spiro atoms. The molecule has 1 aromatic rings. The molecule has 31 heavy (non-hydrogen) atoms. The number of nitrogens with one attached hydrogen (secondary N) is 1. The maximum absolute atomic E-state index is 12.6. The Balaban J connectivity index is 1.26. The van der Waals surface area contributed by atoms with E-state index in [1.165, 1.54) is 0 Å². The summed E-state index contributed by atoms with van der Waals surface area (Å²) >= 11 is 6.47. The van der Waals surface area contributed by atoms with Crippen LogP contribution in [0.5, 0.6) is 0 Å². The Morgan fingerprint density at radius 3 is 2.58 bits per heavy atom. The maximum Gasteiger partial charge on any atom is 0.238 e. The smallest absolute Gasteiger partial charge is 0.238 e. The van der Waals surface area contributed by atoms with Crippen LogP contribution in [-0.4, -0.2) is 117 Å². The number of hydrogen-bond donors (Lipinski definition) is 2. The van der Waals surface area contributed by atoms with Gasteiger partial charge >= 0.3 is 0 Å². The van der Waals surface area contributed by atoms with Crippen molar-refractivity contribution < 1.29 is 14.6 Å². The number of β-amino-alcohol motifs (C(OH)–C–C–N with tert-alkyl or cyclic N) is 1. The molecular formula is C22H34ClN5O3. The lowest BCUT2D eigenvalue weighted by Gasteiger charge is -2.36. The second-order valence-corrected chi connectivity index (χ2v) is 9.49. The lowest BCUT2D eigenvalue weighted by Crippen LogP contribution is -2.52. The van der Waals surface area contributed by atoms with Gasteiger partial charge in [0.05, 0.1) is 36.1 Å². The van der Waals surface area contributed by atoms with Crippen molar-refractivity contribution >= 4 is 28.9 Å². The molecule has 4 rings (SSSR count). The fourth-order valence-electron chi connectivity index (χ4n) is 4.68. The van der Waals surface area contributed by atoms with Gasteiger partial charge in [0.15, 0.2) is 0 Å². The Morgan fingerprint density at radius 2 is 1.87 bits per heavy atom. The molecule has 172 valence electrons. The SMILES string of the molecule is CN1CCN(C[C@@]2(O)CCN(CC(=O)Nc3ccc(N4CCOCC4)c(Cl)c3)C2)CC1. The topological polar surface area (TPSA) is 71.5 Å². The molecule has 8 nitrogen and oxygen atoms in total. The van der Waals surface area contributed by atoms with Gasteiger partial charge in [-0.1, -0.05) is 11.6 Å². The van der Waals surface area contributed by atoms with E-state index in [2.05, 4.69) is 27.1 Å². The molecular weight excluding hydrogens is 418 g/mol. The van der Waals surface area contributed by atoms with Crippen molar-refractivity contribution in [3.05, 3.63) is 23.2 Å². The summed E-state index contributed by atoms with van der Waals surface area (Å²) in [4.78, 5) is 21.5. The number of benzene rings is 1. The number of carbonyl (C=O) groups is 1. The molecule has 3 aliphatic rings. The van der Waals surface area contributed by atoms with Crippen LogP contribution in [0.3, 0.4) is 0 Å². The molecule has 3 saturated heterocycles. The summed E-state index contributed by atoms with van der Waals surface area (Å²) in [5, 5.41) is 14.6. The minimum Gasteiger partial charge on any atom is -0.387 e.